The van der Waals surface area contributed by atoms with Crippen LogP contribution in [0.2, 0.25) is 0 Å². The Bertz CT molecular complexity index is 786. The number of hydrogen-bond acceptors (Lipinski definition) is 3. The van der Waals surface area contributed by atoms with Gasteiger partial charge in [-0.15, -0.1) is 5.73 Å². The third-order valence-corrected chi connectivity index (χ3v) is 3.50. The molecular weight excluding hydrogens is 314 g/mol. The van der Waals surface area contributed by atoms with Crippen LogP contribution >= 0.6 is 0 Å². The molecule has 4 heteroatoms. The summed E-state index contributed by atoms with van der Waals surface area (Å²) >= 11 is 0. The number of carbonyl (C=O) groups is 2. The van der Waals surface area contributed by atoms with Crippen LogP contribution in [-0.2, 0) is 16.1 Å². The third-order valence-electron chi connectivity index (χ3n) is 3.50. The average Bonchev–Trinajstić information content (AvgIpc) is 2.65. The molecule has 0 bridgehead atoms. The monoisotopic (exact) mass is 335 g/mol. The molecule has 25 heavy (non-hydrogen) atoms. The molecule has 0 aliphatic rings. The van der Waals surface area contributed by atoms with Crippen molar-refractivity contribution in [3.63, 3.8) is 0 Å². The molecule has 0 aliphatic heterocycles. The summed E-state index contributed by atoms with van der Waals surface area (Å²) in [6.45, 7) is 4.30. The molecule has 0 spiro atoms. The zero-order chi connectivity index (χ0) is 18.1. The molecule has 2 aromatic rings. The highest BCUT2D eigenvalue weighted by Gasteiger charge is 2.13. The number of amides is 1. The summed E-state index contributed by atoms with van der Waals surface area (Å²) in [6.07, 6.45) is 1.66. The van der Waals surface area contributed by atoms with E-state index in [1.807, 2.05) is 30.3 Å². The number of carbonyl (C=O) groups excluding carboxylic acids is 2. The summed E-state index contributed by atoms with van der Waals surface area (Å²) < 4.78 is 5.04. The van der Waals surface area contributed by atoms with E-state index in [-0.39, 0.29) is 5.91 Å². The van der Waals surface area contributed by atoms with Crippen LogP contribution in [-0.4, -0.2) is 18.5 Å². The normalized spacial score (nSPS) is 9.68. The Labute approximate surface area is 147 Å². The van der Waals surface area contributed by atoms with E-state index in [2.05, 4.69) is 11.0 Å². The van der Waals surface area contributed by atoms with E-state index in [1.54, 1.807) is 44.2 Å². The minimum atomic E-state index is -0.429. The lowest BCUT2D eigenvalue weighted by Gasteiger charge is -2.08. The molecule has 2 aromatic carbocycles. The molecule has 1 amide bonds. The molecule has 2 rings (SSSR count). The van der Waals surface area contributed by atoms with E-state index >= 15 is 0 Å². The predicted molar refractivity (Wildman–Crippen MR) is 97.9 cm³/mol. The standard InChI is InChI=1S/C21H21NO3/c1-3-8-19(21(24)25-4-2)17-11-13-18(14-12-17)20(23)22-15-16-9-6-5-7-10-16/h3,5-7,9-14H,4,15H2,1-2H3,(H,22,23). The second-order valence-corrected chi connectivity index (χ2v) is 5.27. The van der Waals surface area contributed by atoms with Crippen molar-refractivity contribution in [2.24, 2.45) is 0 Å². The lowest BCUT2D eigenvalue weighted by Crippen LogP contribution is -2.22. The first-order chi connectivity index (χ1) is 12.2. The molecular formula is C21H21NO3. The first-order valence-electron chi connectivity index (χ1n) is 8.16. The Morgan fingerprint density at radius 3 is 2.28 bits per heavy atom. The summed E-state index contributed by atoms with van der Waals surface area (Å²) in [5.74, 6) is -0.593. The van der Waals surface area contributed by atoms with Crippen LogP contribution in [0.4, 0.5) is 0 Å². The van der Waals surface area contributed by atoms with E-state index in [1.165, 1.54) is 0 Å². The van der Waals surface area contributed by atoms with Gasteiger partial charge in [0, 0.05) is 12.1 Å². The number of benzene rings is 2. The van der Waals surface area contributed by atoms with Gasteiger partial charge in [-0.3, -0.25) is 4.79 Å². The summed E-state index contributed by atoms with van der Waals surface area (Å²) in [5, 5.41) is 2.87. The molecule has 0 saturated heterocycles. The fourth-order valence-electron chi connectivity index (χ4n) is 2.28. The van der Waals surface area contributed by atoms with Crippen LogP contribution in [0, 0.1) is 0 Å². The van der Waals surface area contributed by atoms with Crippen LogP contribution in [0.25, 0.3) is 5.57 Å². The Balaban J connectivity index is 2.09. The third kappa shape index (κ3) is 5.20. The Kier molecular flexibility index (Phi) is 6.76. The molecule has 128 valence electrons. The molecule has 0 atom stereocenters. The molecule has 0 aliphatic carbocycles. The van der Waals surface area contributed by atoms with Crippen molar-refractivity contribution >= 4 is 17.4 Å². The van der Waals surface area contributed by atoms with Crippen LogP contribution in [0.3, 0.4) is 0 Å². The lowest BCUT2D eigenvalue weighted by molar-refractivity contribution is -0.136. The zero-order valence-electron chi connectivity index (χ0n) is 14.4. The molecule has 0 fully saturated rings. The molecule has 1 N–H and O–H groups in total. The average molecular weight is 335 g/mol. The van der Waals surface area contributed by atoms with Crippen molar-refractivity contribution in [1.29, 1.82) is 0 Å². The van der Waals surface area contributed by atoms with Gasteiger partial charge in [0.2, 0.25) is 0 Å². The van der Waals surface area contributed by atoms with Crippen molar-refractivity contribution < 1.29 is 14.3 Å². The Hall–Kier alpha value is -3.10. The minimum Gasteiger partial charge on any atom is -0.462 e. The fourth-order valence-corrected chi connectivity index (χ4v) is 2.28. The van der Waals surface area contributed by atoms with Gasteiger partial charge in [-0.1, -0.05) is 42.5 Å². The molecule has 4 nitrogen and oxygen atoms in total. The van der Waals surface area contributed by atoms with E-state index in [0.717, 1.165) is 5.56 Å². The number of nitrogens with one attached hydrogen (secondary N) is 1. The van der Waals surface area contributed by atoms with Gasteiger partial charge in [-0.25, -0.2) is 4.79 Å². The fraction of sp³-hybridized carbons (Fsp3) is 0.190. The highest BCUT2D eigenvalue weighted by molar-refractivity contribution is 6.16. The highest BCUT2D eigenvalue weighted by Crippen LogP contribution is 2.16. The second kappa shape index (κ2) is 9.26. The highest BCUT2D eigenvalue weighted by atomic mass is 16.5. The number of rotatable bonds is 6. The van der Waals surface area contributed by atoms with Crippen molar-refractivity contribution in [3.8, 4) is 0 Å². The smallest absolute Gasteiger partial charge is 0.346 e. The van der Waals surface area contributed by atoms with Gasteiger partial charge < -0.3 is 10.1 Å². The number of hydrogen-bond donors (Lipinski definition) is 1. The summed E-state index contributed by atoms with van der Waals surface area (Å²) in [6, 6.07) is 16.5. The first kappa shape index (κ1) is 18.2. The molecule has 0 heterocycles. The van der Waals surface area contributed by atoms with E-state index in [9.17, 15) is 9.59 Å². The summed E-state index contributed by atoms with van der Waals surface area (Å²) in [4.78, 5) is 24.2. The van der Waals surface area contributed by atoms with Gasteiger partial charge >= 0.3 is 5.97 Å². The van der Waals surface area contributed by atoms with Gasteiger partial charge in [-0.2, -0.15) is 0 Å². The van der Waals surface area contributed by atoms with Gasteiger partial charge in [0.1, 0.15) is 5.57 Å². The van der Waals surface area contributed by atoms with Crippen LogP contribution in [0.15, 0.2) is 66.4 Å². The topological polar surface area (TPSA) is 55.4 Å². The van der Waals surface area contributed by atoms with Crippen molar-refractivity contribution in [2.75, 3.05) is 6.61 Å². The zero-order valence-corrected chi connectivity index (χ0v) is 14.4. The van der Waals surface area contributed by atoms with Crippen LogP contribution in [0.1, 0.15) is 35.3 Å². The first-order valence-corrected chi connectivity index (χ1v) is 8.16. The lowest BCUT2D eigenvalue weighted by atomic mass is 10.0. The van der Waals surface area contributed by atoms with Crippen LogP contribution < -0.4 is 5.32 Å². The summed E-state index contributed by atoms with van der Waals surface area (Å²) in [7, 11) is 0. The van der Waals surface area contributed by atoms with Gasteiger partial charge in [0.05, 0.1) is 6.61 Å². The second-order valence-electron chi connectivity index (χ2n) is 5.27. The largest absolute Gasteiger partial charge is 0.462 e. The molecule has 0 saturated carbocycles. The minimum absolute atomic E-state index is 0.164. The summed E-state index contributed by atoms with van der Waals surface area (Å²) in [5.41, 5.74) is 5.47. The van der Waals surface area contributed by atoms with Crippen LogP contribution in [0.5, 0.6) is 0 Å². The predicted octanol–water partition coefficient (Wildman–Crippen LogP) is 3.74. The molecule has 0 radical (unpaired) electrons. The maximum absolute atomic E-state index is 12.2. The Morgan fingerprint density at radius 2 is 1.68 bits per heavy atom. The maximum atomic E-state index is 12.2. The van der Waals surface area contributed by atoms with Gasteiger partial charge in [-0.05, 0) is 43.2 Å². The maximum Gasteiger partial charge on any atom is 0.346 e. The van der Waals surface area contributed by atoms with Crippen molar-refractivity contribution in [2.45, 2.75) is 20.4 Å². The van der Waals surface area contributed by atoms with Crippen molar-refractivity contribution in [3.05, 3.63) is 83.1 Å². The SMILES string of the molecule is CC=C=C(C(=O)OCC)c1ccc(C(=O)NCc2ccccc2)cc1. The number of esters is 1. The molecule has 0 aromatic heterocycles. The van der Waals surface area contributed by atoms with E-state index in [0.29, 0.717) is 29.9 Å². The van der Waals surface area contributed by atoms with Crippen molar-refractivity contribution in [1.82, 2.24) is 5.32 Å². The quantitative estimate of drug-likeness (QED) is 0.497. The van der Waals surface area contributed by atoms with E-state index < -0.39 is 5.97 Å². The van der Waals surface area contributed by atoms with Gasteiger partial charge in [0.25, 0.3) is 5.91 Å². The van der Waals surface area contributed by atoms with E-state index in [4.69, 9.17) is 4.74 Å². The Morgan fingerprint density at radius 1 is 1.04 bits per heavy atom. The number of ether oxygens (including phenoxy) is 1. The van der Waals surface area contributed by atoms with Gasteiger partial charge in [0.15, 0.2) is 0 Å². The molecule has 0 unspecified atom stereocenters.